The SMILES string of the molecule is O=C1NC(=S)S[C@H](c2ccccc2)[C@H]1c1ccccc1. The highest BCUT2D eigenvalue weighted by atomic mass is 32.2. The van der Waals surface area contributed by atoms with Gasteiger partial charge in [-0.2, -0.15) is 0 Å². The van der Waals surface area contributed by atoms with E-state index in [9.17, 15) is 4.79 Å². The molecule has 3 rings (SSSR count). The summed E-state index contributed by atoms with van der Waals surface area (Å²) in [5.74, 6) is -0.232. The van der Waals surface area contributed by atoms with Crippen LogP contribution in [0.25, 0.3) is 0 Å². The van der Waals surface area contributed by atoms with Gasteiger partial charge in [0.15, 0.2) is 0 Å². The lowest BCUT2D eigenvalue weighted by Crippen LogP contribution is -2.39. The number of nitrogens with one attached hydrogen (secondary N) is 1. The lowest BCUT2D eigenvalue weighted by atomic mass is 9.90. The van der Waals surface area contributed by atoms with Gasteiger partial charge in [0.1, 0.15) is 4.32 Å². The normalized spacial score (nSPS) is 22.4. The zero-order chi connectivity index (χ0) is 13.9. The first kappa shape index (κ1) is 13.3. The molecule has 100 valence electrons. The van der Waals surface area contributed by atoms with E-state index in [1.165, 1.54) is 0 Å². The summed E-state index contributed by atoms with van der Waals surface area (Å²) >= 11 is 6.74. The maximum absolute atomic E-state index is 12.4. The standard InChI is InChI=1S/C16H13NOS2/c18-15-13(11-7-3-1-4-8-11)14(20-16(19)17-15)12-9-5-2-6-10-12/h1-10,13-14H,(H,17,18,19)/t13-,14-/m1/s1. The van der Waals surface area contributed by atoms with Gasteiger partial charge in [-0.05, 0) is 11.1 Å². The van der Waals surface area contributed by atoms with Gasteiger partial charge < -0.3 is 5.32 Å². The monoisotopic (exact) mass is 299 g/mol. The molecular weight excluding hydrogens is 286 g/mol. The summed E-state index contributed by atoms with van der Waals surface area (Å²) in [7, 11) is 0. The molecule has 0 aliphatic carbocycles. The predicted molar refractivity (Wildman–Crippen MR) is 86.7 cm³/mol. The molecule has 0 saturated carbocycles. The molecule has 1 aliphatic rings. The lowest BCUT2D eigenvalue weighted by molar-refractivity contribution is -0.121. The summed E-state index contributed by atoms with van der Waals surface area (Å²) in [6, 6.07) is 19.9. The highest BCUT2D eigenvalue weighted by Crippen LogP contribution is 2.44. The van der Waals surface area contributed by atoms with Crippen molar-refractivity contribution in [3.8, 4) is 0 Å². The maximum atomic E-state index is 12.4. The van der Waals surface area contributed by atoms with E-state index in [4.69, 9.17) is 12.2 Å². The number of benzene rings is 2. The molecule has 1 heterocycles. The van der Waals surface area contributed by atoms with Gasteiger partial charge in [-0.15, -0.1) is 0 Å². The van der Waals surface area contributed by atoms with E-state index in [0.29, 0.717) is 4.32 Å². The zero-order valence-electron chi connectivity index (χ0n) is 10.7. The highest BCUT2D eigenvalue weighted by molar-refractivity contribution is 8.23. The molecule has 0 radical (unpaired) electrons. The van der Waals surface area contributed by atoms with Crippen LogP contribution in [-0.2, 0) is 4.79 Å². The maximum Gasteiger partial charge on any atom is 0.234 e. The molecule has 0 spiro atoms. The van der Waals surface area contributed by atoms with Crippen LogP contribution >= 0.6 is 24.0 Å². The Bertz CT molecular complexity index is 627. The van der Waals surface area contributed by atoms with E-state index in [-0.39, 0.29) is 17.1 Å². The molecule has 20 heavy (non-hydrogen) atoms. The summed E-state index contributed by atoms with van der Waals surface area (Å²) in [5.41, 5.74) is 2.15. The summed E-state index contributed by atoms with van der Waals surface area (Å²) in [6.07, 6.45) is 0. The van der Waals surface area contributed by atoms with E-state index >= 15 is 0 Å². The van der Waals surface area contributed by atoms with Crippen molar-refractivity contribution >= 4 is 34.2 Å². The minimum absolute atomic E-state index is 0.0196. The molecule has 2 aromatic rings. The lowest BCUT2D eigenvalue weighted by Gasteiger charge is -2.31. The number of thioether (sulfide) groups is 1. The number of carbonyl (C=O) groups excluding carboxylic acids is 1. The van der Waals surface area contributed by atoms with Gasteiger partial charge in [-0.1, -0.05) is 84.6 Å². The summed E-state index contributed by atoms with van der Waals surface area (Å²) in [6.45, 7) is 0. The van der Waals surface area contributed by atoms with E-state index in [2.05, 4.69) is 17.4 Å². The average molecular weight is 299 g/mol. The molecule has 2 nitrogen and oxygen atoms in total. The molecule has 0 unspecified atom stereocenters. The number of hydrogen-bond donors (Lipinski definition) is 1. The van der Waals surface area contributed by atoms with Crippen molar-refractivity contribution in [2.75, 3.05) is 0 Å². The van der Waals surface area contributed by atoms with E-state index in [1.54, 1.807) is 11.8 Å². The fourth-order valence-electron chi connectivity index (χ4n) is 2.42. The van der Waals surface area contributed by atoms with Crippen LogP contribution in [0.15, 0.2) is 60.7 Å². The Balaban J connectivity index is 2.03. The molecule has 1 fully saturated rings. The van der Waals surface area contributed by atoms with E-state index in [0.717, 1.165) is 11.1 Å². The minimum Gasteiger partial charge on any atom is -0.311 e. The first-order chi connectivity index (χ1) is 9.75. The van der Waals surface area contributed by atoms with Crippen LogP contribution in [0.3, 0.4) is 0 Å². The van der Waals surface area contributed by atoms with Crippen LogP contribution in [0.2, 0.25) is 0 Å². The van der Waals surface area contributed by atoms with Gasteiger partial charge in [0.25, 0.3) is 0 Å². The Kier molecular flexibility index (Phi) is 3.85. The van der Waals surface area contributed by atoms with Crippen molar-refractivity contribution < 1.29 is 4.79 Å². The molecule has 0 bridgehead atoms. The smallest absolute Gasteiger partial charge is 0.234 e. The van der Waals surface area contributed by atoms with Gasteiger partial charge in [-0.3, -0.25) is 4.79 Å². The topological polar surface area (TPSA) is 29.1 Å². The number of rotatable bonds is 2. The van der Waals surface area contributed by atoms with E-state index in [1.807, 2.05) is 48.5 Å². The molecule has 0 aromatic heterocycles. The Morgan fingerprint density at radius 1 is 0.900 bits per heavy atom. The Morgan fingerprint density at radius 2 is 1.45 bits per heavy atom. The number of carbonyl (C=O) groups is 1. The molecule has 4 heteroatoms. The first-order valence-electron chi connectivity index (χ1n) is 6.37. The van der Waals surface area contributed by atoms with Crippen molar-refractivity contribution in [2.24, 2.45) is 0 Å². The quantitative estimate of drug-likeness (QED) is 0.858. The van der Waals surface area contributed by atoms with Crippen molar-refractivity contribution in [1.82, 2.24) is 5.32 Å². The van der Waals surface area contributed by atoms with Crippen molar-refractivity contribution in [1.29, 1.82) is 0 Å². The van der Waals surface area contributed by atoms with Crippen LogP contribution in [0.1, 0.15) is 22.3 Å². The van der Waals surface area contributed by atoms with Crippen LogP contribution in [0.5, 0.6) is 0 Å². The third-order valence-electron chi connectivity index (χ3n) is 3.33. The fraction of sp³-hybridized carbons (Fsp3) is 0.125. The fourth-order valence-corrected chi connectivity index (χ4v) is 3.93. The molecule has 2 atom stereocenters. The number of hydrogen-bond acceptors (Lipinski definition) is 3. The second-order valence-corrected chi connectivity index (χ2v) is 6.43. The average Bonchev–Trinajstić information content (AvgIpc) is 2.48. The predicted octanol–water partition coefficient (Wildman–Crippen LogP) is 3.66. The first-order valence-corrected chi connectivity index (χ1v) is 7.66. The van der Waals surface area contributed by atoms with Crippen molar-refractivity contribution in [3.63, 3.8) is 0 Å². The van der Waals surface area contributed by atoms with Crippen LogP contribution in [-0.4, -0.2) is 10.2 Å². The Labute approximate surface area is 127 Å². The van der Waals surface area contributed by atoms with Gasteiger partial charge in [0, 0.05) is 0 Å². The van der Waals surface area contributed by atoms with Gasteiger partial charge in [-0.25, -0.2) is 0 Å². The third-order valence-corrected chi connectivity index (χ3v) is 4.84. The molecule has 1 aliphatic heterocycles. The van der Waals surface area contributed by atoms with Crippen LogP contribution < -0.4 is 5.32 Å². The van der Waals surface area contributed by atoms with Crippen LogP contribution in [0, 0.1) is 0 Å². The summed E-state index contributed by atoms with van der Waals surface area (Å²) in [5, 5.41) is 2.81. The summed E-state index contributed by atoms with van der Waals surface area (Å²) in [4.78, 5) is 12.4. The van der Waals surface area contributed by atoms with Gasteiger partial charge in [0.2, 0.25) is 5.91 Å². The highest BCUT2D eigenvalue weighted by Gasteiger charge is 2.36. The third kappa shape index (κ3) is 2.62. The second kappa shape index (κ2) is 5.77. The van der Waals surface area contributed by atoms with Gasteiger partial charge in [0.05, 0.1) is 11.2 Å². The number of amides is 1. The molecule has 2 aromatic carbocycles. The van der Waals surface area contributed by atoms with Crippen molar-refractivity contribution in [2.45, 2.75) is 11.2 Å². The largest absolute Gasteiger partial charge is 0.311 e. The molecule has 1 N–H and O–H groups in total. The summed E-state index contributed by atoms with van der Waals surface area (Å²) < 4.78 is 0.552. The molecular formula is C16H13NOS2. The molecule has 1 saturated heterocycles. The Hall–Kier alpha value is -1.65. The van der Waals surface area contributed by atoms with Crippen LogP contribution in [0.4, 0.5) is 0 Å². The van der Waals surface area contributed by atoms with E-state index < -0.39 is 0 Å². The number of thiocarbonyl (C=S) groups is 1. The molecule has 1 amide bonds. The van der Waals surface area contributed by atoms with Gasteiger partial charge >= 0.3 is 0 Å². The van der Waals surface area contributed by atoms with Crippen molar-refractivity contribution in [3.05, 3.63) is 71.8 Å². The zero-order valence-corrected chi connectivity index (χ0v) is 12.3. The minimum atomic E-state index is -0.213. The Morgan fingerprint density at radius 3 is 2.05 bits per heavy atom. The second-order valence-electron chi connectivity index (χ2n) is 4.61.